The number of benzene rings is 2. The maximum Gasteiger partial charge on any atom is 0.269 e. The van der Waals surface area contributed by atoms with Crippen LogP contribution in [0.3, 0.4) is 0 Å². The Labute approximate surface area is 259 Å². The molecule has 0 saturated heterocycles. The van der Waals surface area contributed by atoms with Gasteiger partial charge < -0.3 is 19.1 Å². The molecule has 3 aliphatic rings. The van der Waals surface area contributed by atoms with E-state index in [1.54, 1.807) is 32.4 Å². The number of Topliss-reactive ketones (excluding diaryl/α,β-unsaturated/α-hetero) is 2. The fraction of sp³-hybridized carbons (Fsp3) is 0.486. The van der Waals surface area contributed by atoms with E-state index in [9.17, 15) is 19.7 Å². The summed E-state index contributed by atoms with van der Waals surface area (Å²) in [4.78, 5) is 41.1. The highest BCUT2D eigenvalue weighted by molar-refractivity contribution is 6.06. The molecule has 0 amide bonds. The lowest BCUT2D eigenvalue weighted by Crippen LogP contribution is -2.44. The van der Waals surface area contributed by atoms with Gasteiger partial charge in [-0.15, -0.1) is 0 Å². The number of non-ortho nitro benzene ring substituents is 1. The van der Waals surface area contributed by atoms with Gasteiger partial charge in [-0.3, -0.25) is 19.7 Å². The number of nitro groups is 1. The molecule has 9 heteroatoms. The van der Waals surface area contributed by atoms with Gasteiger partial charge in [0.05, 0.1) is 12.0 Å². The number of methoxy groups -OCH3 is 2. The quantitative estimate of drug-likeness (QED) is 0.164. The average Bonchev–Trinajstić information content (AvgIpc) is 2.95. The number of nitro benzene ring substituents is 1. The third kappa shape index (κ3) is 6.29. The zero-order chi connectivity index (χ0) is 31.8. The molecular formula is C35H42N2O7. The van der Waals surface area contributed by atoms with E-state index in [1.807, 2.05) is 12.1 Å². The minimum atomic E-state index is -0.495. The normalized spacial score (nSPS) is 19.5. The zero-order valence-electron chi connectivity index (χ0n) is 26.5. The molecule has 0 fully saturated rings. The summed E-state index contributed by atoms with van der Waals surface area (Å²) in [5.74, 6) is 0.590. The van der Waals surface area contributed by atoms with Crippen LogP contribution in [-0.4, -0.2) is 48.8 Å². The predicted molar refractivity (Wildman–Crippen MR) is 166 cm³/mol. The van der Waals surface area contributed by atoms with Crippen LogP contribution in [-0.2, 0) is 20.9 Å². The van der Waals surface area contributed by atoms with Crippen LogP contribution in [0.15, 0.2) is 65.0 Å². The first-order chi connectivity index (χ1) is 20.8. The Morgan fingerprint density at radius 3 is 2.09 bits per heavy atom. The smallest absolute Gasteiger partial charge is 0.269 e. The van der Waals surface area contributed by atoms with Crippen molar-refractivity contribution in [3.05, 3.63) is 86.2 Å². The summed E-state index contributed by atoms with van der Waals surface area (Å²) in [7, 11) is 3.24. The van der Waals surface area contributed by atoms with Crippen LogP contribution >= 0.6 is 0 Å². The van der Waals surface area contributed by atoms with Gasteiger partial charge in [0.15, 0.2) is 23.1 Å². The van der Waals surface area contributed by atoms with Crippen LogP contribution in [0.1, 0.15) is 76.8 Å². The Bertz CT molecular complexity index is 1500. The second kappa shape index (κ2) is 12.2. The van der Waals surface area contributed by atoms with E-state index in [-0.39, 0.29) is 34.7 Å². The molecule has 0 atom stereocenters. The molecule has 0 unspecified atom stereocenters. The van der Waals surface area contributed by atoms with Gasteiger partial charge in [-0.05, 0) is 53.4 Å². The van der Waals surface area contributed by atoms with Crippen molar-refractivity contribution in [2.45, 2.75) is 72.3 Å². The van der Waals surface area contributed by atoms with Crippen molar-refractivity contribution in [1.82, 2.24) is 4.90 Å². The minimum Gasteiger partial charge on any atom is -0.493 e. The molecule has 0 spiro atoms. The number of carbonyl (C=O) groups excluding carboxylic acids is 2. The maximum atomic E-state index is 14.0. The van der Waals surface area contributed by atoms with E-state index >= 15 is 0 Å². The van der Waals surface area contributed by atoms with Gasteiger partial charge in [-0.2, -0.15) is 0 Å². The van der Waals surface area contributed by atoms with E-state index in [1.165, 1.54) is 12.1 Å². The van der Waals surface area contributed by atoms with Crippen molar-refractivity contribution >= 4 is 17.3 Å². The lowest BCUT2D eigenvalue weighted by Gasteiger charge is -2.49. The van der Waals surface area contributed by atoms with E-state index in [0.29, 0.717) is 54.2 Å². The SMILES string of the molecule is COCCCN1C2=C(C(=O)CC(C)(C)C2)C(c2ccc(OCc3cccc([N+](=O)[O-])c3)c(OC)c2)C2=C1CC(C)(C)CC2=O. The number of rotatable bonds is 10. The van der Waals surface area contributed by atoms with E-state index in [4.69, 9.17) is 14.2 Å². The van der Waals surface area contributed by atoms with Gasteiger partial charge in [-0.25, -0.2) is 0 Å². The molecule has 0 radical (unpaired) electrons. The first-order valence-corrected chi connectivity index (χ1v) is 15.2. The van der Waals surface area contributed by atoms with Crippen LogP contribution in [0.5, 0.6) is 11.5 Å². The number of nitrogens with zero attached hydrogens (tertiary/aromatic N) is 2. The van der Waals surface area contributed by atoms with Crippen LogP contribution in [0.2, 0.25) is 0 Å². The molecule has 0 saturated carbocycles. The molecule has 2 aromatic rings. The molecule has 1 aliphatic heterocycles. The van der Waals surface area contributed by atoms with E-state index in [0.717, 1.165) is 36.2 Å². The Morgan fingerprint density at radius 1 is 0.886 bits per heavy atom. The maximum absolute atomic E-state index is 14.0. The van der Waals surface area contributed by atoms with Crippen molar-refractivity contribution in [3.8, 4) is 11.5 Å². The molecule has 0 N–H and O–H groups in total. The summed E-state index contributed by atoms with van der Waals surface area (Å²) in [6, 6.07) is 11.9. The van der Waals surface area contributed by atoms with E-state index < -0.39 is 10.8 Å². The van der Waals surface area contributed by atoms with Gasteiger partial charge in [0.2, 0.25) is 0 Å². The second-order valence-electron chi connectivity index (χ2n) is 13.7. The zero-order valence-corrected chi connectivity index (χ0v) is 26.5. The van der Waals surface area contributed by atoms with Gasteiger partial charge in [0.25, 0.3) is 5.69 Å². The summed E-state index contributed by atoms with van der Waals surface area (Å²) in [6.45, 7) is 9.91. The molecular weight excluding hydrogens is 560 g/mol. The number of ketones is 2. The molecule has 1 heterocycles. The van der Waals surface area contributed by atoms with Crippen LogP contribution < -0.4 is 9.47 Å². The van der Waals surface area contributed by atoms with Crippen molar-refractivity contribution < 1.29 is 28.7 Å². The number of hydrogen-bond acceptors (Lipinski definition) is 8. The highest BCUT2D eigenvalue weighted by Gasteiger charge is 2.49. The van der Waals surface area contributed by atoms with Gasteiger partial charge in [0.1, 0.15) is 6.61 Å². The largest absolute Gasteiger partial charge is 0.493 e. The van der Waals surface area contributed by atoms with Crippen LogP contribution in [0, 0.1) is 20.9 Å². The summed E-state index contributed by atoms with van der Waals surface area (Å²) < 4.78 is 17.2. The highest BCUT2D eigenvalue weighted by atomic mass is 16.6. The summed E-state index contributed by atoms with van der Waals surface area (Å²) >= 11 is 0. The standard InChI is InChI=1S/C35H42N2O7/c1-34(2)17-25-32(27(38)19-34)31(33-26(36(25)13-8-14-42-5)18-35(3,4)20-28(33)39)23-11-12-29(30(16-23)43-6)44-21-22-9-7-10-24(15-22)37(40)41/h7,9-12,15-16,31H,8,13-14,17-21H2,1-6H3. The van der Waals surface area contributed by atoms with E-state index in [2.05, 4.69) is 32.6 Å². The van der Waals surface area contributed by atoms with Crippen LogP contribution in [0.25, 0.3) is 0 Å². The first kappa shape index (κ1) is 31.4. The molecule has 0 bridgehead atoms. The Morgan fingerprint density at radius 2 is 1.52 bits per heavy atom. The lowest BCUT2D eigenvalue weighted by molar-refractivity contribution is -0.384. The monoisotopic (exact) mass is 602 g/mol. The topological polar surface area (TPSA) is 108 Å². The van der Waals surface area contributed by atoms with Crippen LogP contribution in [0.4, 0.5) is 5.69 Å². The summed E-state index contributed by atoms with van der Waals surface area (Å²) in [6.07, 6.45) is 3.09. The molecule has 9 nitrogen and oxygen atoms in total. The third-order valence-electron chi connectivity index (χ3n) is 8.79. The Hall–Kier alpha value is -3.98. The van der Waals surface area contributed by atoms with Crippen molar-refractivity contribution in [2.75, 3.05) is 27.4 Å². The Balaban J connectivity index is 1.58. The van der Waals surface area contributed by atoms with Crippen molar-refractivity contribution in [1.29, 1.82) is 0 Å². The molecule has 44 heavy (non-hydrogen) atoms. The minimum absolute atomic E-state index is 0.00390. The summed E-state index contributed by atoms with van der Waals surface area (Å²) in [5.41, 5.74) is 4.51. The fourth-order valence-corrected chi connectivity index (χ4v) is 6.92. The molecule has 0 aromatic heterocycles. The van der Waals surface area contributed by atoms with Gasteiger partial charge in [-0.1, -0.05) is 45.9 Å². The predicted octanol–water partition coefficient (Wildman–Crippen LogP) is 6.90. The number of carbonyl (C=O) groups is 2. The Kier molecular flexibility index (Phi) is 8.71. The first-order valence-electron chi connectivity index (χ1n) is 15.2. The van der Waals surface area contributed by atoms with Crippen molar-refractivity contribution in [2.24, 2.45) is 10.8 Å². The third-order valence-corrected chi connectivity index (χ3v) is 8.79. The summed E-state index contributed by atoms with van der Waals surface area (Å²) in [5, 5.41) is 11.2. The average molecular weight is 603 g/mol. The molecule has 2 aliphatic carbocycles. The van der Waals surface area contributed by atoms with Crippen molar-refractivity contribution in [3.63, 3.8) is 0 Å². The van der Waals surface area contributed by atoms with Gasteiger partial charge in [0, 0.05) is 73.7 Å². The lowest BCUT2D eigenvalue weighted by atomic mass is 9.63. The van der Waals surface area contributed by atoms with Gasteiger partial charge >= 0.3 is 0 Å². The highest BCUT2D eigenvalue weighted by Crippen LogP contribution is 2.55. The fourth-order valence-electron chi connectivity index (χ4n) is 6.92. The number of ether oxygens (including phenoxy) is 3. The second-order valence-corrected chi connectivity index (χ2v) is 13.7. The number of allylic oxidation sites excluding steroid dienone is 4. The molecule has 5 rings (SSSR count). The molecule has 2 aromatic carbocycles. The number of hydrogen-bond donors (Lipinski definition) is 0. The molecule has 234 valence electrons.